The van der Waals surface area contributed by atoms with Crippen LogP contribution in [0, 0.1) is 0 Å². The number of nitrogens with one attached hydrogen (secondary N) is 1. The van der Waals surface area contributed by atoms with Crippen molar-refractivity contribution >= 4 is 12.1 Å². The monoisotopic (exact) mass is 298 g/mol. The first-order chi connectivity index (χ1) is 10.5. The molecule has 5 heteroatoms. The number of carbonyl (C=O) groups excluding carboxylic acids is 1. The van der Waals surface area contributed by atoms with Crippen molar-refractivity contribution in [3.8, 4) is 11.5 Å². The van der Waals surface area contributed by atoms with Crippen molar-refractivity contribution in [3.05, 3.63) is 59.7 Å². The summed E-state index contributed by atoms with van der Waals surface area (Å²) in [7, 11) is 0. The van der Waals surface area contributed by atoms with Gasteiger partial charge in [-0.05, 0) is 67.9 Å². The maximum atomic E-state index is 11.8. The summed E-state index contributed by atoms with van der Waals surface area (Å²) in [4.78, 5) is 11.8. The lowest BCUT2D eigenvalue weighted by atomic mass is 10.2. The molecule has 2 N–H and O–H groups in total. The van der Waals surface area contributed by atoms with Crippen LogP contribution in [0.1, 0.15) is 29.8 Å². The Kier molecular flexibility index (Phi) is 5.14. The molecule has 0 aliphatic rings. The summed E-state index contributed by atoms with van der Waals surface area (Å²) in [6.45, 7) is 3.93. The molecule has 2 aromatic rings. The largest absolute Gasteiger partial charge is 0.508 e. The number of benzene rings is 2. The molecular weight excluding hydrogens is 280 g/mol. The summed E-state index contributed by atoms with van der Waals surface area (Å²) < 4.78 is 5.54. The number of carbonyl (C=O) groups is 1. The van der Waals surface area contributed by atoms with E-state index in [9.17, 15) is 4.79 Å². The first kappa shape index (κ1) is 15.6. The molecule has 0 fully saturated rings. The highest BCUT2D eigenvalue weighted by Gasteiger charge is 2.03. The van der Waals surface area contributed by atoms with Crippen molar-refractivity contribution in [1.29, 1.82) is 0 Å². The molecule has 0 radical (unpaired) electrons. The predicted molar refractivity (Wildman–Crippen MR) is 85.4 cm³/mol. The van der Waals surface area contributed by atoms with Crippen LogP contribution < -0.4 is 10.2 Å². The Labute approximate surface area is 129 Å². The lowest BCUT2D eigenvalue weighted by Gasteiger charge is -2.09. The molecular formula is C17H18N2O3. The molecule has 0 aliphatic heterocycles. The van der Waals surface area contributed by atoms with E-state index in [1.165, 1.54) is 24.3 Å². The van der Waals surface area contributed by atoms with Crippen LogP contribution in [-0.4, -0.2) is 23.3 Å². The average Bonchev–Trinajstić information content (AvgIpc) is 2.49. The maximum Gasteiger partial charge on any atom is 0.271 e. The van der Waals surface area contributed by atoms with Crippen molar-refractivity contribution in [2.24, 2.45) is 5.10 Å². The molecule has 22 heavy (non-hydrogen) atoms. The van der Waals surface area contributed by atoms with E-state index in [-0.39, 0.29) is 17.8 Å². The third kappa shape index (κ3) is 4.63. The highest BCUT2D eigenvalue weighted by molar-refractivity contribution is 5.94. The molecule has 0 spiro atoms. The fourth-order valence-electron chi connectivity index (χ4n) is 1.75. The Morgan fingerprint density at radius 1 is 1.14 bits per heavy atom. The van der Waals surface area contributed by atoms with E-state index in [1.807, 2.05) is 38.1 Å². The fraction of sp³-hybridized carbons (Fsp3) is 0.176. The molecule has 0 saturated carbocycles. The lowest BCUT2D eigenvalue weighted by molar-refractivity contribution is 0.0955. The van der Waals surface area contributed by atoms with E-state index in [0.29, 0.717) is 5.56 Å². The smallest absolute Gasteiger partial charge is 0.271 e. The van der Waals surface area contributed by atoms with Crippen LogP contribution in [0.3, 0.4) is 0 Å². The summed E-state index contributed by atoms with van der Waals surface area (Å²) in [5.74, 6) is 0.569. The van der Waals surface area contributed by atoms with Crippen molar-refractivity contribution in [2.75, 3.05) is 0 Å². The Morgan fingerprint density at radius 3 is 2.36 bits per heavy atom. The second-order valence-electron chi connectivity index (χ2n) is 4.98. The maximum absolute atomic E-state index is 11.8. The number of hydrogen-bond donors (Lipinski definition) is 2. The molecule has 0 heterocycles. The van der Waals surface area contributed by atoms with Gasteiger partial charge in [-0.1, -0.05) is 0 Å². The minimum absolute atomic E-state index is 0.115. The van der Waals surface area contributed by atoms with Crippen molar-refractivity contribution in [3.63, 3.8) is 0 Å². The van der Waals surface area contributed by atoms with Gasteiger partial charge >= 0.3 is 0 Å². The van der Waals surface area contributed by atoms with Crippen LogP contribution in [0.25, 0.3) is 0 Å². The van der Waals surface area contributed by atoms with Crippen LogP contribution in [0.15, 0.2) is 53.6 Å². The molecule has 2 aromatic carbocycles. The van der Waals surface area contributed by atoms with E-state index in [4.69, 9.17) is 9.84 Å². The van der Waals surface area contributed by atoms with Crippen molar-refractivity contribution in [1.82, 2.24) is 5.43 Å². The molecule has 5 nitrogen and oxygen atoms in total. The number of hydrazone groups is 1. The SMILES string of the molecule is CC(C)Oc1ccc(/C=N\NC(=O)c2ccc(O)cc2)cc1. The Balaban J connectivity index is 1.91. The Morgan fingerprint density at radius 2 is 1.77 bits per heavy atom. The molecule has 0 atom stereocenters. The van der Waals surface area contributed by atoms with Crippen molar-refractivity contribution in [2.45, 2.75) is 20.0 Å². The number of phenolic OH excluding ortho intramolecular Hbond substituents is 1. The van der Waals surface area contributed by atoms with Gasteiger partial charge in [0.2, 0.25) is 0 Å². The summed E-state index contributed by atoms with van der Waals surface area (Å²) in [5.41, 5.74) is 3.71. The Hall–Kier alpha value is -2.82. The molecule has 0 saturated heterocycles. The first-order valence-corrected chi connectivity index (χ1v) is 6.94. The van der Waals surface area contributed by atoms with E-state index in [0.717, 1.165) is 11.3 Å². The summed E-state index contributed by atoms with van der Waals surface area (Å²) in [6.07, 6.45) is 1.68. The molecule has 0 unspecified atom stereocenters. The van der Waals surface area contributed by atoms with Crippen LogP contribution in [0.5, 0.6) is 11.5 Å². The third-order valence-electron chi connectivity index (χ3n) is 2.76. The second kappa shape index (κ2) is 7.26. The molecule has 114 valence electrons. The zero-order valence-electron chi connectivity index (χ0n) is 12.5. The van der Waals surface area contributed by atoms with Crippen LogP contribution >= 0.6 is 0 Å². The first-order valence-electron chi connectivity index (χ1n) is 6.94. The zero-order chi connectivity index (χ0) is 15.9. The number of hydrogen-bond acceptors (Lipinski definition) is 4. The van der Waals surface area contributed by atoms with Gasteiger partial charge in [-0.2, -0.15) is 5.10 Å². The summed E-state index contributed by atoms with van der Waals surface area (Å²) >= 11 is 0. The van der Waals surface area contributed by atoms with E-state index in [1.54, 1.807) is 6.21 Å². The van der Waals surface area contributed by atoms with E-state index < -0.39 is 0 Å². The number of aromatic hydroxyl groups is 1. The van der Waals surface area contributed by atoms with Crippen LogP contribution in [0.4, 0.5) is 0 Å². The number of phenols is 1. The number of ether oxygens (including phenoxy) is 1. The quantitative estimate of drug-likeness (QED) is 0.658. The summed E-state index contributed by atoms with van der Waals surface area (Å²) in [6, 6.07) is 13.4. The number of amides is 1. The van der Waals surface area contributed by atoms with Gasteiger partial charge in [-0.3, -0.25) is 4.79 Å². The Bertz CT molecular complexity index is 647. The van der Waals surface area contributed by atoms with Gasteiger partial charge in [0.1, 0.15) is 11.5 Å². The van der Waals surface area contributed by atoms with Gasteiger partial charge in [0, 0.05) is 5.56 Å². The molecule has 0 aliphatic carbocycles. The summed E-state index contributed by atoms with van der Waals surface area (Å²) in [5, 5.41) is 13.1. The molecule has 1 amide bonds. The van der Waals surface area contributed by atoms with Gasteiger partial charge in [-0.15, -0.1) is 0 Å². The standard InChI is InChI=1S/C17H18N2O3/c1-12(2)22-16-9-3-13(4-10-16)11-18-19-17(21)14-5-7-15(20)8-6-14/h3-12,20H,1-2H3,(H,19,21)/b18-11-. The molecule has 2 rings (SSSR count). The van der Waals surface area contributed by atoms with Crippen LogP contribution in [-0.2, 0) is 0 Å². The van der Waals surface area contributed by atoms with Crippen LogP contribution in [0.2, 0.25) is 0 Å². The fourth-order valence-corrected chi connectivity index (χ4v) is 1.75. The number of nitrogens with zero attached hydrogens (tertiary/aromatic N) is 1. The van der Waals surface area contributed by atoms with Gasteiger partial charge in [0.25, 0.3) is 5.91 Å². The molecule has 0 aromatic heterocycles. The highest BCUT2D eigenvalue weighted by atomic mass is 16.5. The predicted octanol–water partition coefficient (Wildman–Crippen LogP) is 2.94. The third-order valence-corrected chi connectivity index (χ3v) is 2.76. The minimum Gasteiger partial charge on any atom is -0.508 e. The normalized spacial score (nSPS) is 10.9. The zero-order valence-corrected chi connectivity index (χ0v) is 12.5. The van der Waals surface area contributed by atoms with Gasteiger partial charge in [0.05, 0.1) is 12.3 Å². The highest BCUT2D eigenvalue weighted by Crippen LogP contribution is 2.13. The number of rotatable bonds is 5. The van der Waals surface area contributed by atoms with Crippen molar-refractivity contribution < 1.29 is 14.6 Å². The van der Waals surface area contributed by atoms with Gasteiger partial charge in [-0.25, -0.2) is 5.43 Å². The lowest BCUT2D eigenvalue weighted by Crippen LogP contribution is -2.17. The van der Waals surface area contributed by atoms with Gasteiger partial charge in [0.15, 0.2) is 0 Å². The van der Waals surface area contributed by atoms with Gasteiger partial charge < -0.3 is 9.84 Å². The molecule has 0 bridgehead atoms. The average molecular weight is 298 g/mol. The second-order valence-corrected chi connectivity index (χ2v) is 4.98. The minimum atomic E-state index is -0.337. The van der Waals surface area contributed by atoms with E-state index in [2.05, 4.69) is 10.5 Å². The van der Waals surface area contributed by atoms with E-state index >= 15 is 0 Å². The topological polar surface area (TPSA) is 70.9 Å².